The molecule has 1 aliphatic rings. The maximum absolute atomic E-state index is 13.0. The predicted molar refractivity (Wildman–Crippen MR) is 144 cm³/mol. The van der Waals surface area contributed by atoms with Crippen molar-refractivity contribution in [1.82, 2.24) is 0 Å². The highest BCUT2D eigenvalue weighted by atomic mass is 127. The van der Waals surface area contributed by atoms with Crippen LogP contribution in [0.2, 0.25) is 0 Å². The fourth-order valence-corrected chi connectivity index (χ4v) is 4.65. The lowest BCUT2D eigenvalue weighted by Crippen LogP contribution is -2.59. The van der Waals surface area contributed by atoms with Crippen LogP contribution >= 0.6 is 22.6 Å². The highest BCUT2D eigenvalue weighted by molar-refractivity contribution is 14.1. The standard InChI is InChI=1S/C27H22IN3O7/c28-21-23(38-27(34)19-14-8-3-9-15-19)22(37-26(33)18-12-6-2-7-13-18)20(36-24(21)30-31-29)16-35-25(32)17-10-4-1-5-11-17/h1-15,20-24H,16H2/t20-,21+,22+,23-,24+/m1/s1. The number of azide groups is 1. The normalized spacial score (nSPS) is 22.4. The molecule has 0 N–H and O–H groups in total. The molecule has 0 radical (unpaired) electrons. The van der Waals surface area contributed by atoms with E-state index < -0.39 is 46.4 Å². The lowest BCUT2D eigenvalue weighted by atomic mass is 10.00. The third-order valence-electron chi connectivity index (χ3n) is 5.65. The van der Waals surface area contributed by atoms with Gasteiger partial charge >= 0.3 is 17.9 Å². The second kappa shape index (κ2) is 13.0. The Bertz CT molecular complexity index is 1300. The van der Waals surface area contributed by atoms with Crippen molar-refractivity contribution in [2.45, 2.75) is 28.5 Å². The number of ether oxygens (including phenoxy) is 4. The number of hydrogen-bond donors (Lipinski definition) is 0. The molecule has 0 aliphatic carbocycles. The average Bonchev–Trinajstić information content (AvgIpc) is 2.96. The fraction of sp³-hybridized carbons (Fsp3) is 0.222. The van der Waals surface area contributed by atoms with Crippen LogP contribution in [0.15, 0.2) is 96.1 Å². The van der Waals surface area contributed by atoms with E-state index in [0.717, 1.165) is 0 Å². The molecule has 0 amide bonds. The predicted octanol–water partition coefficient (Wildman–Crippen LogP) is 5.13. The Labute approximate surface area is 231 Å². The van der Waals surface area contributed by atoms with Gasteiger partial charge in [-0.25, -0.2) is 14.4 Å². The van der Waals surface area contributed by atoms with E-state index in [1.807, 2.05) is 22.6 Å². The van der Waals surface area contributed by atoms with Gasteiger partial charge in [0, 0.05) is 4.91 Å². The monoisotopic (exact) mass is 627 g/mol. The highest BCUT2D eigenvalue weighted by Gasteiger charge is 2.49. The zero-order chi connectivity index (χ0) is 26.9. The van der Waals surface area contributed by atoms with Gasteiger partial charge in [-0.05, 0) is 41.9 Å². The zero-order valence-electron chi connectivity index (χ0n) is 19.8. The van der Waals surface area contributed by atoms with Crippen LogP contribution in [-0.2, 0) is 18.9 Å². The van der Waals surface area contributed by atoms with Crippen molar-refractivity contribution in [3.63, 3.8) is 0 Å². The minimum absolute atomic E-state index is 0.267. The van der Waals surface area contributed by atoms with Crippen molar-refractivity contribution in [2.24, 2.45) is 5.11 Å². The molecule has 4 rings (SSSR count). The van der Waals surface area contributed by atoms with Gasteiger partial charge in [0.1, 0.15) is 12.7 Å². The maximum Gasteiger partial charge on any atom is 0.338 e. The van der Waals surface area contributed by atoms with E-state index in [0.29, 0.717) is 5.56 Å². The summed E-state index contributed by atoms with van der Waals surface area (Å²) in [6, 6.07) is 24.9. The van der Waals surface area contributed by atoms with E-state index >= 15 is 0 Å². The van der Waals surface area contributed by atoms with Gasteiger partial charge in [-0.15, -0.1) is 0 Å². The van der Waals surface area contributed by atoms with Crippen LogP contribution in [0.1, 0.15) is 31.1 Å². The molecule has 1 saturated heterocycles. The number of nitrogens with zero attached hydrogens (tertiary/aromatic N) is 3. The molecule has 0 spiro atoms. The topological polar surface area (TPSA) is 137 Å². The van der Waals surface area contributed by atoms with Crippen molar-refractivity contribution in [3.8, 4) is 0 Å². The number of carbonyl (C=O) groups excluding carboxylic acids is 3. The van der Waals surface area contributed by atoms with Gasteiger partial charge in [0.2, 0.25) is 0 Å². The van der Waals surface area contributed by atoms with Crippen LogP contribution in [0.25, 0.3) is 10.4 Å². The van der Waals surface area contributed by atoms with Crippen molar-refractivity contribution < 1.29 is 33.3 Å². The second-order valence-corrected chi connectivity index (χ2v) is 9.59. The van der Waals surface area contributed by atoms with E-state index in [-0.39, 0.29) is 17.7 Å². The van der Waals surface area contributed by atoms with E-state index in [9.17, 15) is 14.4 Å². The summed E-state index contributed by atoms with van der Waals surface area (Å²) < 4.78 is 22.3. The van der Waals surface area contributed by atoms with Gasteiger partial charge in [-0.3, -0.25) is 0 Å². The first-order chi connectivity index (χ1) is 18.5. The third kappa shape index (κ3) is 6.68. The molecule has 0 aromatic heterocycles. The average molecular weight is 627 g/mol. The molecular weight excluding hydrogens is 605 g/mol. The Hall–Kier alpha value is -3.93. The number of alkyl halides is 1. The molecule has 3 aromatic carbocycles. The summed E-state index contributed by atoms with van der Waals surface area (Å²) in [6.07, 6.45) is -4.49. The first-order valence-corrected chi connectivity index (χ1v) is 12.8. The molecule has 3 aromatic rings. The van der Waals surface area contributed by atoms with Crippen LogP contribution < -0.4 is 0 Å². The molecule has 194 valence electrons. The molecule has 0 unspecified atom stereocenters. The summed E-state index contributed by atoms with van der Waals surface area (Å²) in [5, 5.41) is 3.68. The van der Waals surface area contributed by atoms with Crippen molar-refractivity contribution in [3.05, 3.63) is 118 Å². The van der Waals surface area contributed by atoms with Crippen molar-refractivity contribution >= 4 is 40.5 Å². The molecule has 0 bridgehead atoms. The summed E-state index contributed by atoms with van der Waals surface area (Å²) in [6.45, 7) is -0.360. The molecule has 1 heterocycles. The SMILES string of the molecule is [N-]=[N+]=N[C@H]1O[C@H](COC(=O)c2ccccc2)[C@H](OC(=O)c2ccccc2)[C@H](OC(=O)c2ccccc2)[C@@H]1I. The van der Waals surface area contributed by atoms with Crippen LogP contribution in [0.5, 0.6) is 0 Å². The smallest absolute Gasteiger partial charge is 0.338 e. The molecule has 1 fully saturated rings. The van der Waals surface area contributed by atoms with Crippen LogP contribution in [0, 0.1) is 0 Å². The van der Waals surface area contributed by atoms with Gasteiger partial charge in [0.05, 0.1) is 20.6 Å². The minimum atomic E-state index is -1.19. The Kier molecular flexibility index (Phi) is 9.30. The largest absolute Gasteiger partial charge is 0.459 e. The molecular formula is C27H22IN3O7. The molecule has 38 heavy (non-hydrogen) atoms. The number of rotatable bonds is 8. The summed E-state index contributed by atoms with van der Waals surface area (Å²) in [5.41, 5.74) is 9.95. The first-order valence-electron chi connectivity index (χ1n) is 11.6. The molecule has 11 heteroatoms. The molecule has 0 saturated carbocycles. The Morgan fingerprint density at radius 1 is 0.763 bits per heavy atom. The van der Waals surface area contributed by atoms with Crippen molar-refractivity contribution in [1.29, 1.82) is 0 Å². The lowest BCUT2D eigenvalue weighted by Gasteiger charge is -2.42. The highest BCUT2D eigenvalue weighted by Crippen LogP contribution is 2.33. The first kappa shape index (κ1) is 27.1. The van der Waals surface area contributed by atoms with Gasteiger partial charge in [-0.2, -0.15) is 0 Å². The molecule has 5 atom stereocenters. The zero-order valence-corrected chi connectivity index (χ0v) is 22.0. The third-order valence-corrected chi connectivity index (χ3v) is 6.97. The number of carbonyl (C=O) groups is 3. The maximum atomic E-state index is 13.0. The summed E-state index contributed by atoms with van der Waals surface area (Å²) in [7, 11) is 0. The lowest BCUT2D eigenvalue weighted by molar-refractivity contribution is -0.174. The quantitative estimate of drug-likeness (QED) is 0.0642. The summed E-state index contributed by atoms with van der Waals surface area (Å²) in [4.78, 5) is 41.4. The second-order valence-electron chi connectivity index (χ2n) is 8.15. The summed E-state index contributed by atoms with van der Waals surface area (Å²) >= 11 is 1.93. The number of esters is 3. The van der Waals surface area contributed by atoms with Gasteiger partial charge in [-0.1, -0.05) is 82.3 Å². The Balaban J connectivity index is 1.63. The minimum Gasteiger partial charge on any atom is -0.459 e. The van der Waals surface area contributed by atoms with Crippen molar-refractivity contribution in [2.75, 3.05) is 6.61 Å². The van der Waals surface area contributed by atoms with E-state index in [1.165, 1.54) is 0 Å². The van der Waals surface area contributed by atoms with Gasteiger partial charge < -0.3 is 18.9 Å². The van der Waals surface area contributed by atoms with Crippen LogP contribution in [-0.4, -0.2) is 53.0 Å². The Morgan fingerprint density at radius 2 is 1.21 bits per heavy atom. The van der Waals surface area contributed by atoms with E-state index in [2.05, 4.69) is 10.0 Å². The van der Waals surface area contributed by atoms with Gasteiger partial charge in [0.25, 0.3) is 0 Å². The van der Waals surface area contributed by atoms with Crippen LogP contribution in [0.4, 0.5) is 0 Å². The van der Waals surface area contributed by atoms with Gasteiger partial charge in [0.15, 0.2) is 18.4 Å². The summed E-state index contributed by atoms with van der Waals surface area (Å²) in [5.74, 6) is -1.98. The molecule has 10 nitrogen and oxygen atoms in total. The Morgan fingerprint density at radius 3 is 1.68 bits per heavy atom. The fourth-order valence-electron chi connectivity index (χ4n) is 3.78. The number of benzene rings is 3. The molecule has 1 aliphatic heterocycles. The van der Waals surface area contributed by atoms with E-state index in [4.69, 9.17) is 24.5 Å². The number of hydrogen-bond acceptors (Lipinski definition) is 8. The number of halogens is 1. The van der Waals surface area contributed by atoms with E-state index in [1.54, 1.807) is 91.0 Å². The van der Waals surface area contributed by atoms with Crippen LogP contribution in [0.3, 0.4) is 0 Å².